The Morgan fingerprint density at radius 1 is 0.941 bits per heavy atom. The van der Waals surface area contributed by atoms with Gasteiger partial charge in [-0.25, -0.2) is 0 Å². The van der Waals surface area contributed by atoms with Crippen molar-refractivity contribution in [1.82, 2.24) is 10.1 Å². The number of ketones is 2. The smallest absolute Gasteiger partial charge is 0.265 e. The molecule has 0 amide bonds. The van der Waals surface area contributed by atoms with Crippen LogP contribution >= 0.6 is 0 Å². The van der Waals surface area contributed by atoms with Crippen LogP contribution in [-0.2, 0) is 24.4 Å². The Labute approximate surface area is 296 Å². The highest BCUT2D eigenvalue weighted by atomic mass is 16.5. The zero-order valence-electron chi connectivity index (χ0n) is 29.1. The highest BCUT2D eigenvalue weighted by Crippen LogP contribution is 2.57. The van der Waals surface area contributed by atoms with Crippen molar-refractivity contribution >= 4 is 29.3 Å². The number of hydrogen-bond donors (Lipinski definition) is 2. The van der Waals surface area contributed by atoms with Gasteiger partial charge in [-0.1, -0.05) is 60.7 Å². The monoisotopic (exact) mass is 691 g/mol. The summed E-state index contributed by atoms with van der Waals surface area (Å²) >= 11 is 0. The normalized spacial score (nSPS) is 22.2. The van der Waals surface area contributed by atoms with Crippen molar-refractivity contribution in [3.63, 3.8) is 0 Å². The number of nitrogens with zero attached hydrogens (tertiary/aromatic N) is 3. The van der Waals surface area contributed by atoms with Gasteiger partial charge >= 0.3 is 0 Å². The van der Waals surface area contributed by atoms with Crippen LogP contribution in [0.15, 0.2) is 76.8 Å². The maximum Gasteiger partial charge on any atom is 0.265 e. The number of hydrogen-bond acceptors (Lipinski definition) is 11. The Bertz CT molecular complexity index is 2020. The number of anilines is 1. The molecule has 1 fully saturated rings. The number of rotatable bonds is 11. The van der Waals surface area contributed by atoms with E-state index in [2.05, 4.69) is 5.16 Å². The molecule has 4 aromatic rings. The van der Waals surface area contributed by atoms with E-state index in [1.165, 1.54) is 0 Å². The zero-order valence-corrected chi connectivity index (χ0v) is 29.1. The van der Waals surface area contributed by atoms with Gasteiger partial charge in [-0.3, -0.25) is 19.3 Å². The average molecular weight is 692 g/mol. The van der Waals surface area contributed by atoms with E-state index in [1.54, 1.807) is 25.1 Å². The van der Waals surface area contributed by atoms with Gasteiger partial charge in [0.05, 0.1) is 17.3 Å². The minimum atomic E-state index is -2.54. The van der Waals surface area contributed by atoms with Crippen LogP contribution < -0.4 is 14.4 Å². The highest BCUT2D eigenvalue weighted by Gasteiger charge is 2.65. The third-order valence-electron chi connectivity index (χ3n) is 10.5. The second-order valence-electron chi connectivity index (χ2n) is 13.6. The van der Waals surface area contributed by atoms with Crippen LogP contribution in [-0.4, -0.2) is 70.9 Å². The number of Topliss-reactive ketones (excluding diaryl/α,β-unsaturated/α-hetero) is 2. The maximum absolute atomic E-state index is 14.8. The second kappa shape index (κ2) is 13.5. The Morgan fingerprint density at radius 2 is 1.57 bits per heavy atom. The lowest BCUT2D eigenvalue weighted by Crippen LogP contribution is -2.63. The number of aliphatic hydroxyl groups excluding tert-OH is 1. The van der Waals surface area contributed by atoms with Crippen molar-refractivity contribution in [3.05, 3.63) is 111 Å². The van der Waals surface area contributed by atoms with E-state index in [9.17, 15) is 24.6 Å². The lowest BCUT2D eigenvalue weighted by Gasteiger charge is -2.49. The number of aliphatic hydroxyl groups is 2. The molecule has 0 aliphatic heterocycles. The first kappa shape index (κ1) is 34.2. The van der Waals surface area contributed by atoms with Crippen molar-refractivity contribution in [3.8, 4) is 11.6 Å². The fourth-order valence-electron chi connectivity index (χ4n) is 8.17. The number of aromatic nitrogens is 1. The van der Waals surface area contributed by atoms with Crippen LogP contribution in [0.25, 0.3) is 5.76 Å². The average Bonchev–Trinajstić information content (AvgIpc) is 3.56. The Balaban J connectivity index is 1.36. The number of ether oxygens (including phenoxy) is 2. The summed E-state index contributed by atoms with van der Waals surface area (Å²) in [6.07, 6.45) is 1.22. The van der Waals surface area contributed by atoms with Gasteiger partial charge in [0.15, 0.2) is 17.6 Å². The van der Waals surface area contributed by atoms with Crippen LogP contribution in [0.4, 0.5) is 5.69 Å². The van der Waals surface area contributed by atoms with E-state index < -0.39 is 35.0 Å². The molecule has 4 atom stereocenters. The van der Waals surface area contributed by atoms with Crippen molar-refractivity contribution in [1.29, 1.82) is 0 Å². The predicted octanol–water partition coefficient (Wildman–Crippen LogP) is 5.75. The van der Waals surface area contributed by atoms with Crippen molar-refractivity contribution in [2.45, 2.75) is 51.5 Å². The fourth-order valence-corrected chi connectivity index (χ4v) is 8.17. The standard InChI is InChI=1S/C40H41N3O8/c1-5-43(6-2)33-26(20-44)19-29(49-21-23-13-9-7-10-14-23)31-27(33)17-25-18-28-34(42(3)4)36-32(38(47)40(28,48)37(46)30(25)35(31)45)39(41-51-36)50-22-24-15-11-8-12-16-24/h7-16,19-20,25,28,34,45,48H,5-6,17-18,21-22H2,1-4H3/t25-,28-,34-,40-/m0/s1. The third kappa shape index (κ3) is 5.51. The minimum Gasteiger partial charge on any atom is -0.507 e. The number of carbonyl (C=O) groups is 3. The fraction of sp³-hybridized carbons (Fsp3) is 0.350. The number of aldehydes is 1. The molecule has 0 spiro atoms. The zero-order chi connectivity index (χ0) is 36.0. The number of benzene rings is 3. The Kier molecular flexibility index (Phi) is 9.03. The molecule has 0 bridgehead atoms. The molecule has 0 unspecified atom stereocenters. The largest absolute Gasteiger partial charge is 0.507 e. The van der Waals surface area contributed by atoms with Crippen LogP contribution in [0, 0.1) is 11.8 Å². The molecule has 1 saturated carbocycles. The summed E-state index contributed by atoms with van der Waals surface area (Å²) in [5.74, 6) is -3.29. The lowest BCUT2D eigenvalue weighted by atomic mass is 9.57. The molecule has 3 aliphatic rings. The number of carbonyl (C=O) groups excluding carboxylic acids is 3. The van der Waals surface area contributed by atoms with Gasteiger partial charge < -0.3 is 29.1 Å². The van der Waals surface area contributed by atoms with E-state index in [-0.39, 0.29) is 65.9 Å². The van der Waals surface area contributed by atoms with Gasteiger partial charge in [-0.15, -0.1) is 0 Å². The van der Waals surface area contributed by atoms with E-state index in [0.29, 0.717) is 29.9 Å². The molecule has 0 saturated heterocycles. The summed E-state index contributed by atoms with van der Waals surface area (Å²) in [7, 11) is 3.57. The Hall–Kier alpha value is -5.26. The van der Waals surface area contributed by atoms with Gasteiger partial charge in [0.2, 0.25) is 11.6 Å². The van der Waals surface area contributed by atoms with Gasteiger partial charge in [0, 0.05) is 30.1 Å². The summed E-state index contributed by atoms with van der Waals surface area (Å²) in [5.41, 5.74) is 1.08. The second-order valence-corrected chi connectivity index (χ2v) is 13.6. The van der Waals surface area contributed by atoms with Crippen molar-refractivity contribution in [2.75, 3.05) is 32.1 Å². The van der Waals surface area contributed by atoms with Gasteiger partial charge in [0.25, 0.3) is 5.88 Å². The molecule has 3 aliphatic carbocycles. The lowest BCUT2D eigenvalue weighted by molar-refractivity contribution is -0.142. The molecule has 11 nitrogen and oxygen atoms in total. The van der Waals surface area contributed by atoms with Crippen LogP contribution in [0.1, 0.15) is 75.0 Å². The summed E-state index contributed by atoms with van der Waals surface area (Å²) < 4.78 is 18.0. The first-order chi connectivity index (χ1) is 24.6. The quantitative estimate of drug-likeness (QED) is 0.147. The maximum atomic E-state index is 14.8. The summed E-state index contributed by atoms with van der Waals surface area (Å²) in [5, 5.41) is 28.7. The molecule has 7 rings (SSSR count). The van der Waals surface area contributed by atoms with Crippen LogP contribution in [0.5, 0.6) is 11.6 Å². The Morgan fingerprint density at radius 3 is 2.16 bits per heavy atom. The molecule has 1 heterocycles. The number of fused-ring (bicyclic) bond motifs is 4. The molecular weight excluding hydrogens is 650 g/mol. The first-order valence-corrected chi connectivity index (χ1v) is 17.3. The SMILES string of the molecule is CCN(CC)c1c(C=O)cc(OCc2ccccc2)c2c1C[C@H]1C[C@H]3[C@H](N(C)C)c4onc(OCc5ccccc5)c4C(=O)[C@@]3(O)C(=O)C1=C2O. The van der Waals surface area contributed by atoms with E-state index in [1.807, 2.05) is 79.4 Å². The first-order valence-electron chi connectivity index (χ1n) is 17.3. The van der Waals surface area contributed by atoms with Gasteiger partial charge in [-0.2, -0.15) is 0 Å². The van der Waals surface area contributed by atoms with E-state index in [0.717, 1.165) is 17.4 Å². The predicted molar refractivity (Wildman–Crippen MR) is 189 cm³/mol. The summed E-state index contributed by atoms with van der Waals surface area (Å²) in [6, 6.07) is 19.7. The molecule has 2 N–H and O–H groups in total. The van der Waals surface area contributed by atoms with Crippen LogP contribution in [0.2, 0.25) is 0 Å². The summed E-state index contributed by atoms with van der Waals surface area (Å²) in [6.45, 7) is 5.40. The van der Waals surface area contributed by atoms with Gasteiger partial charge in [0.1, 0.15) is 30.3 Å². The van der Waals surface area contributed by atoms with Gasteiger partial charge in [-0.05, 0) is 74.6 Å². The molecule has 3 aromatic carbocycles. The molecule has 0 radical (unpaired) electrons. The molecule has 51 heavy (non-hydrogen) atoms. The topological polar surface area (TPSA) is 143 Å². The molecular formula is C40H41N3O8. The van der Waals surface area contributed by atoms with Crippen LogP contribution in [0.3, 0.4) is 0 Å². The minimum absolute atomic E-state index is 0.0346. The molecule has 11 heteroatoms. The highest BCUT2D eigenvalue weighted by molar-refractivity contribution is 6.26. The molecule has 1 aromatic heterocycles. The van der Waals surface area contributed by atoms with E-state index >= 15 is 0 Å². The molecule has 264 valence electrons. The van der Waals surface area contributed by atoms with Crippen molar-refractivity contribution < 1.29 is 38.6 Å². The summed E-state index contributed by atoms with van der Waals surface area (Å²) in [4.78, 5) is 45.7. The third-order valence-corrected chi connectivity index (χ3v) is 10.5. The van der Waals surface area contributed by atoms with E-state index in [4.69, 9.17) is 14.0 Å². The van der Waals surface area contributed by atoms with Crippen molar-refractivity contribution in [2.24, 2.45) is 11.8 Å².